The van der Waals surface area contributed by atoms with Crippen LogP contribution in [0.25, 0.3) is 0 Å². The summed E-state index contributed by atoms with van der Waals surface area (Å²) < 4.78 is 19.9. The lowest BCUT2D eigenvalue weighted by Crippen LogP contribution is -2.35. The van der Waals surface area contributed by atoms with Crippen molar-refractivity contribution < 1.29 is 9.13 Å². The zero-order valence-electron chi connectivity index (χ0n) is 9.15. The van der Waals surface area contributed by atoms with E-state index in [0.29, 0.717) is 5.56 Å². The van der Waals surface area contributed by atoms with Crippen LogP contribution in [0.15, 0.2) is 21.7 Å². The Labute approximate surface area is 106 Å². The molecule has 90 valence electrons. The van der Waals surface area contributed by atoms with Crippen LogP contribution in [0.5, 0.6) is 0 Å². The zero-order valence-corrected chi connectivity index (χ0v) is 10.7. The third-order valence-electron chi connectivity index (χ3n) is 3.42. The summed E-state index contributed by atoms with van der Waals surface area (Å²) >= 11 is 3.30. The van der Waals surface area contributed by atoms with Gasteiger partial charge in [0.25, 0.3) is 6.02 Å². The van der Waals surface area contributed by atoms with E-state index in [0.717, 1.165) is 10.9 Å². The van der Waals surface area contributed by atoms with Crippen molar-refractivity contribution in [2.45, 2.75) is 25.0 Å². The molecule has 0 aromatic carbocycles. The molecule has 1 aromatic heterocycles. The van der Waals surface area contributed by atoms with Crippen LogP contribution in [0.3, 0.4) is 0 Å². The Morgan fingerprint density at radius 1 is 1.65 bits per heavy atom. The Bertz CT molecular complexity index is 521. The molecule has 1 aromatic rings. The number of pyridine rings is 1. The number of rotatable bonds is 1. The quantitative estimate of drug-likeness (QED) is 0.806. The second-order valence-electron chi connectivity index (χ2n) is 4.59. The average Bonchev–Trinajstić information content (AvgIpc) is 3.01. The number of halogens is 2. The summed E-state index contributed by atoms with van der Waals surface area (Å²) in [6, 6.07) is 1.84. The highest BCUT2D eigenvalue weighted by molar-refractivity contribution is 9.10. The smallest absolute Gasteiger partial charge is 0.283 e. The van der Waals surface area contributed by atoms with E-state index in [1.54, 1.807) is 6.07 Å². The van der Waals surface area contributed by atoms with Crippen molar-refractivity contribution in [1.29, 1.82) is 0 Å². The highest BCUT2D eigenvalue weighted by Crippen LogP contribution is 2.53. The number of amidine groups is 1. The summed E-state index contributed by atoms with van der Waals surface area (Å²) in [5.74, 6) is -0.319. The van der Waals surface area contributed by atoms with Crippen LogP contribution in [0.1, 0.15) is 18.9 Å². The molecule has 0 bridgehead atoms. The van der Waals surface area contributed by atoms with Crippen molar-refractivity contribution in [3.8, 4) is 0 Å². The molecule has 3 atom stereocenters. The van der Waals surface area contributed by atoms with Gasteiger partial charge in [0.15, 0.2) is 0 Å². The molecule has 2 N–H and O–H groups in total. The van der Waals surface area contributed by atoms with E-state index < -0.39 is 11.5 Å². The number of ether oxygens (including phenoxy) is 1. The van der Waals surface area contributed by atoms with Gasteiger partial charge in [0.2, 0.25) is 5.95 Å². The minimum Gasteiger partial charge on any atom is -0.462 e. The number of hydrogen-bond donors (Lipinski definition) is 1. The molecule has 2 aliphatic rings. The van der Waals surface area contributed by atoms with Gasteiger partial charge in [-0.2, -0.15) is 4.39 Å². The molecule has 1 aliphatic carbocycles. The molecule has 1 fully saturated rings. The summed E-state index contributed by atoms with van der Waals surface area (Å²) in [5, 5.41) is 0. The van der Waals surface area contributed by atoms with Gasteiger partial charge in [-0.1, -0.05) is 0 Å². The largest absolute Gasteiger partial charge is 0.462 e. The van der Waals surface area contributed by atoms with Crippen LogP contribution in [-0.2, 0) is 10.3 Å². The van der Waals surface area contributed by atoms with E-state index in [1.807, 2.05) is 6.92 Å². The molecule has 17 heavy (non-hydrogen) atoms. The minimum absolute atomic E-state index is 0.0656. The van der Waals surface area contributed by atoms with Crippen LogP contribution in [0.4, 0.5) is 4.39 Å². The van der Waals surface area contributed by atoms with E-state index >= 15 is 0 Å². The summed E-state index contributed by atoms with van der Waals surface area (Å²) in [6.45, 7) is 1.87. The molecule has 0 amide bonds. The molecule has 6 heteroatoms. The van der Waals surface area contributed by atoms with Crippen molar-refractivity contribution in [2.24, 2.45) is 16.6 Å². The Morgan fingerprint density at radius 2 is 2.41 bits per heavy atom. The maximum Gasteiger partial charge on any atom is 0.283 e. The molecular weight excluding hydrogens is 289 g/mol. The number of fused-ring (bicyclic) bond motifs is 1. The highest BCUT2D eigenvalue weighted by atomic mass is 79.9. The summed E-state index contributed by atoms with van der Waals surface area (Å²) in [4.78, 5) is 7.99. The van der Waals surface area contributed by atoms with Gasteiger partial charge in [-0.3, -0.25) is 0 Å². The second-order valence-corrected chi connectivity index (χ2v) is 5.50. The molecule has 3 rings (SSSR count). The third-order valence-corrected chi connectivity index (χ3v) is 3.85. The lowest BCUT2D eigenvalue weighted by atomic mass is 9.88. The monoisotopic (exact) mass is 299 g/mol. The standard InChI is InChI=1S/C11H11BrFN3O/c1-11(6-3-8(6)17-10(14)16-11)7-2-5(12)4-15-9(7)13/h2,4,6,8H,3H2,1H3,(H2,14,16)/t6-,8?,11-/m0/s1. The van der Waals surface area contributed by atoms with E-state index in [1.165, 1.54) is 6.20 Å². The molecule has 0 radical (unpaired) electrons. The zero-order chi connectivity index (χ0) is 12.2. The van der Waals surface area contributed by atoms with Crippen molar-refractivity contribution in [1.82, 2.24) is 4.98 Å². The Morgan fingerprint density at radius 3 is 3.18 bits per heavy atom. The van der Waals surface area contributed by atoms with E-state index in [4.69, 9.17) is 10.5 Å². The SMILES string of the molecule is C[C@]1(c2cc(Br)cnc2F)N=C(N)OC2C[C@@H]21. The molecule has 1 aliphatic heterocycles. The van der Waals surface area contributed by atoms with Crippen LogP contribution in [0, 0.1) is 11.9 Å². The fourth-order valence-corrected chi connectivity index (χ4v) is 2.76. The molecule has 2 heterocycles. The van der Waals surface area contributed by atoms with Crippen molar-refractivity contribution in [2.75, 3.05) is 0 Å². The van der Waals surface area contributed by atoms with Crippen LogP contribution in [-0.4, -0.2) is 17.1 Å². The lowest BCUT2D eigenvalue weighted by Gasteiger charge is -2.29. The minimum atomic E-state index is -0.673. The Hall–Kier alpha value is -1.17. The maximum atomic E-state index is 13.8. The fourth-order valence-electron chi connectivity index (χ4n) is 2.42. The van der Waals surface area contributed by atoms with Gasteiger partial charge in [-0.15, -0.1) is 0 Å². The van der Waals surface area contributed by atoms with E-state index in [2.05, 4.69) is 25.9 Å². The van der Waals surface area contributed by atoms with Gasteiger partial charge >= 0.3 is 0 Å². The fraction of sp³-hybridized carbons (Fsp3) is 0.455. The van der Waals surface area contributed by atoms with Gasteiger partial charge in [0.05, 0.1) is 5.54 Å². The average molecular weight is 300 g/mol. The van der Waals surface area contributed by atoms with Gasteiger partial charge < -0.3 is 10.5 Å². The number of hydrogen-bond acceptors (Lipinski definition) is 4. The first-order valence-electron chi connectivity index (χ1n) is 5.34. The van der Waals surface area contributed by atoms with Gasteiger partial charge in [-0.25, -0.2) is 9.98 Å². The number of aromatic nitrogens is 1. The Kier molecular flexibility index (Phi) is 2.20. The van der Waals surface area contributed by atoms with E-state index in [-0.39, 0.29) is 18.0 Å². The summed E-state index contributed by atoms with van der Waals surface area (Å²) in [7, 11) is 0. The molecule has 0 spiro atoms. The summed E-state index contributed by atoms with van der Waals surface area (Å²) in [5.41, 5.74) is 5.42. The molecule has 1 unspecified atom stereocenters. The maximum absolute atomic E-state index is 13.8. The van der Waals surface area contributed by atoms with E-state index in [9.17, 15) is 4.39 Å². The van der Waals surface area contributed by atoms with Crippen molar-refractivity contribution >= 4 is 22.0 Å². The second kappa shape index (κ2) is 3.41. The van der Waals surface area contributed by atoms with Crippen LogP contribution in [0.2, 0.25) is 0 Å². The predicted molar refractivity (Wildman–Crippen MR) is 63.8 cm³/mol. The van der Waals surface area contributed by atoms with Gasteiger partial charge in [0, 0.05) is 22.2 Å². The normalized spacial score (nSPS) is 34.6. The Balaban J connectivity index is 2.13. The molecule has 4 nitrogen and oxygen atoms in total. The highest BCUT2D eigenvalue weighted by Gasteiger charge is 2.57. The first-order valence-corrected chi connectivity index (χ1v) is 6.13. The number of nitrogens with zero attached hydrogens (tertiary/aromatic N) is 2. The number of nitrogens with two attached hydrogens (primary N) is 1. The molecule has 1 saturated carbocycles. The van der Waals surface area contributed by atoms with Gasteiger partial charge in [0.1, 0.15) is 6.10 Å². The van der Waals surface area contributed by atoms with Crippen molar-refractivity contribution in [3.63, 3.8) is 0 Å². The number of aliphatic imine (C=N–C) groups is 1. The van der Waals surface area contributed by atoms with Crippen molar-refractivity contribution in [3.05, 3.63) is 28.2 Å². The summed E-state index contributed by atoms with van der Waals surface area (Å²) in [6.07, 6.45) is 2.35. The topological polar surface area (TPSA) is 60.5 Å². The predicted octanol–water partition coefficient (Wildman–Crippen LogP) is 1.93. The molecular formula is C11H11BrFN3O. The van der Waals surface area contributed by atoms with Crippen LogP contribution >= 0.6 is 15.9 Å². The van der Waals surface area contributed by atoms with Crippen LogP contribution < -0.4 is 5.73 Å². The van der Waals surface area contributed by atoms with Gasteiger partial charge in [-0.05, 0) is 35.3 Å². The third kappa shape index (κ3) is 1.62. The first-order chi connectivity index (χ1) is 8.00. The first kappa shape index (κ1) is 11.0. The lowest BCUT2D eigenvalue weighted by molar-refractivity contribution is 0.201. The molecule has 0 saturated heterocycles.